The minimum absolute atomic E-state index is 0.156. The van der Waals surface area contributed by atoms with Crippen LogP contribution < -0.4 is 0 Å². The maximum absolute atomic E-state index is 12.4. The molecule has 0 aliphatic carbocycles. The molecule has 0 unspecified atom stereocenters. The zero-order valence-electron chi connectivity index (χ0n) is 9.44. The van der Waals surface area contributed by atoms with Gasteiger partial charge in [0.25, 0.3) is 0 Å². The van der Waals surface area contributed by atoms with Gasteiger partial charge in [-0.05, 0) is 18.1 Å². The summed E-state index contributed by atoms with van der Waals surface area (Å²) >= 11 is 5.52. The summed E-state index contributed by atoms with van der Waals surface area (Å²) in [7, 11) is 0. The van der Waals surface area contributed by atoms with Crippen molar-refractivity contribution in [2.75, 3.05) is 0 Å². The first-order chi connectivity index (χ1) is 7.71. The molecule has 1 aromatic rings. The van der Waals surface area contributed by atoms with Crippen molar-refractivity contribution in [1.29, 1.82) is 0 Å². The van der Waals surface area contributed by atoms with Crippen LogP contribution >= 0.6 is 11.6 Å². The van der Waals surface area contributed by atoms with Crippen LogP contribution in [0.2, 0.25) is 5.02 Å². The molecule has 0 aromatic heterocycles. The number of carbonyl (C=O) groups is 1. The van der Waals surface area contributed by atoms with E-state index in [4.69, 9.17) is 11.6 Å². The van der Waals surface area contributed by atoms with Gasteiger partial charge in [0.05, 0.1) is 10.6 Å². The molecule has 0 heterocycles. The van der Waals surface area contributed by atoms with E-state index in [0.717, 1.165) is 12.1 Å². The lowest BCUT2D eigenvalue weighted by Crippen LogP contribution is -2.08. The zero-order chi connectivity index (χ0) is 13.2. The highest BCUT2D eigenvalue weighted by atomic mass is 35.5. The van der Waals surface area contributed by atoms with Crippen molar-refractivity contribution in [1.82, 2.24) is 0 Å². The average Bonchev–Trinajstić information content (AvgIpc) is 2.14. The van der Waals surface area contributed by atoms with Gasteiger partial charge in [0, 0.05) is 12.0 Å². The molecule has 0 fully saturated rings. The highest BCUT2D eigenvalue weighted by Gasteiger charge is 2.33. The molecule has 94 valence electrons. The van der Waals surface area contributed by atoms with E-state index in [-0.39, 0.29) is 17.3 Å². The summed E-state index contributed by atoms with van der Waals surface area (Å²) in [6, 6.07) is 3.09. The van der Waals surface area contributed by atoms with Crippen molar-refractivity contribution in [2.45, 2.75) is 26.4 Å². The van der Waals surface area contributed by atoms with Crippen molar-refractivity contribution in [3.63, 3.8) is 0 Å². The number of Topliss-reactive ketones (excluding diaryl/α,β-unsaturated/α-hetero) is 1. The van der Waals surface area contributed by atoms with Crippen LogP contribution in [0.3, 0.4) is 0 Å². The van der Waals surface area contributed by atoms with Crippen LogP contribution in [0.15, 0.2) is 18.2 Å². The molecule has 0 atom stereocenters. The largest absolute Gasteiger partial charge is 0.417 e. The Hall–Kier alpha value is -1.03. The molecule has 1 nitrogen and oxygen atoms in total. The van der Waals surface area contributed by atoms with E-state index in [1.54, 1.807) is 0 Å². The molecule has 0 saturated carbocycles. The Balaban J connectivity index is 3.01. The van der Waals surface area contributed by atoms with E-state index in [9.17, 15) is 18.0 Å². The molecule has 17 heavy (non-hydrogen) atoms. The zero-order valence-corrected chi connectivity index (χ0v) is 10.2. The number of hydrogen-bond donors (Lipinski definition) is 0. The third kappa shape index (κ3) is 3.73. The number of benzene rings is 1. The highest BCUT2D eigenvalue weighted by molar-refractivity contribution is 6.31. The Kier molecular flexibility index (Phi) is 4.20. The monoisotopic (exact) mass is 264 g/mol. The summed E-state index contributed by atoms with van der Waals surface area (Å²) in [4.78, 5) is 11.6. The van der Waals surface area contributed by atoms with Gasteiger partial charge < -0.3 is 0 Å². The first kappa shape index (κ1) is 14.0. The Morgan fingerprint density at radius 1 is 1.35 bits per heavy atom. The van der Waals surface area contributed by atoms with Gasteiger partial charge in [0.2, 0.25) is 0 Å². The maximum Gasteiger partial charge on any atom is 0.417 e. The Morgan fingerprint density at radius 2 is 1.94 bits per heavy atom. The number of hydrogen-bond acceptors (Lipinski definition) is 1. The number of alkyl halides is 3. The van der Waals surface area contributed by atoms with Crippen LogP contribution in [0.1, 0.15) is 36.2 Å². The first-order valence-electron chi connectivity index (χ1n) is 5.11. The maximum atomic E-state index is 12.4. The molecule has 0 saturated heterocycles. The molecule has 1 aromatic carbocycles. The fraction of sp³-hybridized carbons (Fsp3) is 0.417. The molecule has 1 rings (SSSR count). The lowest BCUT2D eigenvalue weighted by atomic mass is 10.0. The Bertz CT molecular complexity index is 424. The number of halogens is 4. The summed E-state index contributed by atoms with van der Waals surface area (Å²) < 4.78 is 37.3. The van der Waals surface area contributed by atoms with Crippen molar-refractivity contribution in [3.05, 3.63) is 34.3 Å². The van der Waals surface area contributed by atoms with Gasteiger partial charge in [-0.1, -0.05) is 31.5 Å². The number of rotatable bonds is 3. The number of carbonyl (C=O) groups excluding carboxylic acids is 1. The van der Waals surface area contributed by atoms with Crippen LogP contribution in [0.5, 0.6) is 0 Å². The third-order valence-corrected chi connectivity index (χ3v) is 2.50. The van der Waals surface area contributed by atoms with Gasteiger partial charge in [-0.3, -0.25) is 4.79 Å². The SMILES string of the molecule is CC(C)CC(=O)c1ccc(C(F)(F)F)c(Cl)c1. The van der Waals surface area contributed by atoms with Gasteiger partial charge in [0.15, 0.2) is 5.78 Å². The normalized spacial score (nSPS) is 11.9. The van der Waals surface area contributed by atoms with Gasteiger partial charge >= 0.3 is 6.18 Å². The molecule has 0 N–H and O–H groups in total. The second kappa shape index (κ2) is 5.08. The molecular formula is C12H12ClF3O. The summed E-state index contributed by atoms with van der Waals surface area (Å²) in [6.07, 6.45) is -4.20. The van der Waals surface area contributed by atoms with E-state index in [1.807, 2.05) is 13.8 Å². The number of ketones is 1. The van der Waals surface area contributed by atoms with Crippen molar-refractivity contribution >= 4 is 17.4 Å². The molecule has 0 radical (unpaired) electrons. The van der Waals surface area contributed by atoms with E-state index < -0.39 is 16.8 Å². The summed E-state index contributed by atoms with van der Waals surface area (Å²) in [6.45, 7) is 3.73. The van der Waals surface area contributed by atoms with E-state index in [0.29, 0.717) is 6.42 Å². The topological polar surface area (TPSA) is 17.1 Å². The van der Waals surface area contributed by atoms with Crippen LogP contribution in [0.4, 0.5) is 13.2 Å². The Morgan fingerprint density at radius 3 is 2.35 bits per heavy atom. The lowest BCUT2D eigenvalue weighted by molar-refractivity contribution is -0.137. The average molecular weight is 265 g/mol. The predicted octanol–water partition coefficient (Wildman–Crippen LogP) is 4.59. The first-order valence-corrected chi connectivity index (χ1v) is 5.49. The molecule has 0 bridgehead atoms. The second-order valence-electron chi connectivity index (χ2n) is 4.21. The van der Waals surface area contributed by atoms with Gasteiger partial charge in [-0.25, -0.2) is 0 Å². The van der Waals surface area contributed by atoms with E-state index in [2.05, 4.69) is 0 Å². The second-order valence-corrected chi connectivity index (χ2v) is 4.62. The quantitative estimate of drug-likeness (QED) is 0.730. The van der Waals surface area contributed by atoms with Crippen LogP contribution in [-0.2, 0) is 6.18 Å². The fourth-order valence-corrected chi connectivity index (χ4v) is 1.69. The van der Waals surface area contributed by atoms with E-state index >= 15 is 0 Å². The highest BCUT2D eigenvalue weighted by Crippen LogP contribution is 2.35. The van der Waals surface area contributed by atoms with Gasteiger partial charge in [0.1, 0.15) is 0 Å². The minimum atomic E-state index is -4.49. The van der Waals surface area contributed by atoms with Crippen LogP contribution in [0.25, 0.3) is 0 Å². The molecular weight excluding hydrogens is 253 g/mol. The fourth-order valence-electron chi connectivity index (χ4n) is 1.41. The molecule has 5 heteroatoms. The molecule has 0 aliphatic rings. The minimum Gasteiger partial charge on any atom is -0.294 e. The standard InChI is InChI=1S/C12H12ClF3O/c1-7(2)5-11(17)8-3-4-9(10(13)6-8)12(14,15)16/h3-4,6-7H,5H2,1-2H3. The third-order valence-electron chi connectivity index (χ3n) is 2.19. The van der Waals surface area contributed by atoms with Crippen LogP contribution in [0, 0.1) is 5.92 Å². The van der Waals surface area contributed by atoms with Crippen molar-refractivity contribution in [2.24, 2.45) is 5.92 Å². The van der Waals surface area contributed by atoms with Gasteiger partial charge in [-0.15, -0.1) is 0 Å². The smallest absolute Gasteiger partial charge is 0.294 e. The summed E-state index contributed by atoms with van der Waals surface area (Å²) in [5, 5.41) is -0.438. The molecule has 0 spiro atoms. The van der Waals surface area contributed by atoms with Crippen LogP contribution in [-0.4, -0.2) is 5.78 Å². The lowest BCUT2D eigenvalue weighted by Gasteiger charge is -2.10. The van der Waals surface area contributed by atoms with E-state index in [1.165, 1.54) is 6.07 Å². The summed E-state index contributed by atoms with van der Waals surface area (Å²) in [5.74, 6) is -0.0424. The molecule has 0 aliphatic heterocycles. The molecule has 0 amide bonds. The summed E-state index contributed by atoms with van der Waals surface area (Å²) in [5.41, 5.74) is -0.697. The van der Waals surface area contributed by atoms with Gasteiger partial charge in [-0.2, -0.15) is 13.2 Å². The van der Waals surface area contributed by atoms with Crippen molar-refractivity contribution < 1.29 is 18.0 Å². The van der Waals surface area contributed by atoms with Crippen molar-refractivity contribution in [3.8, 4) is 0 Å². The predicted molar refractivity (Wildman–Crippen MR) is 60.2 cm³/mol. The Labute approximate surface area is 103 Å².